The number of nitro benzene ring substituents is 1. The van der Waals surface area contributed by atoms with Crippen molar-refractivity contribution >= 4 is 23.0 Å². The smallest absolute Gasteiger partial charge is 0.294 e. The average molecular weight is 284 g/mol. The normalized spacial score (nSPS) is 13.9. The Bertz CT molecular complexity index is 555. The number of anilines is 1. The van der Waals surface area contributed by atoms with E-state index in [1.165, 1.54) is 0 Å². The van der Waals surface area contributed by atoms with E-state index in [1.54, 1.807) is 4.90 Å². The first-order valence-corrected chi connectivity index (χ1v) is 6.19. The highest BCUT2D eigenvalue weighted by Crippen LogP contribution is 2.39. The number of rotatable bonds is 5. The molecule has 1 aliphatic carbocycles. The molecule has 100 valence electrons. The van der Waals surface area contributed by atoms with Crippen molar-refractivity contribution in [1.29, 1.82) is 5.26 Å². The summed E-state index contributed by atoms with van der Waals surface area (Å²) in [6.07, 6.45) is 2.03. The van der Waals surface area contributed by atoms with E-state index >= 15 is 0 Å². The third-order valence-corrected chi connectivity index (χ3v) is 3.27. The number of halogens is 2. The van der Waals surface area contributed by atoms with Crippen LogP contribution < -0.4 is 4.90 Å². The Kier molecular flexibility index (Phi) is 3.86. The third-order valence-electron chi connectivity index (χ3n) is 2.98. The SMILES string of the molecule is N#CCCN(c1cc(F)c(Cl)cc1[N+](=O)[O-])C1CC1. The maximum absolute atomic E-state index is 13.5. The van der Waals surface area contributed by atoms with Gasteiger partial charge in [-0.3, -0.25) is 10.1 Å². The Balaban J connectivity index is 2.42. The molecule has 0 bridgehead atoms. The molecule has 0 N–H and O–H groups in total. The zero-order valence-corrected chi connectivity index (χ0v) is 10.7. The van der Waals surface area contributed by atoms with E-state index in [4.69, 9.17) is 16.9 Å². The molecule has 0 saturated heterocycles. The van der Waals surface area contributed by atoms with Crippen molar-refractivity contribution in [3.8, 4) is 6.07 Å². The molecule has 1 aromatic carbocycles. The van der Waals surface area contributed by atoms with E-state index in [-0.39, 0.29) is 28.9 Å². The van der Waals surface area contributed by atoms with Gasteiger partial charge in [0.15, 0.2) is 0 Å². The summed E-state index contributed by atoms with van der Waals surface area (Å²) in [7, 11) is 0. The van der Waals surface area contributed by atoms with Gasteiger partial charge in [0.2, 0.25) is 0 Å². The molecule has 0 amide bonds. The van der Waals surface area contributed by atoms with Crippen molar-refractivity contribution in [2.24, 2.45) is 0 Å². The highest BCUT2D eigenvalue weighted by Gasteiger charge is 2.33. The molecule has 1 aromatic rings. The van der Waals surface area contributed by atoms with Crippen LogP contribution in [0.5, 0.6) is 0 Å². The predicted molar refractivity (Wildman–Crippen MR) is 68.7 cm³/mol. The first-order chi connectivity index (χ1) is 9.04. The highest BCUT2D eigenvalue weighted by atomic mass is 35.5. The summed E-state index contributed by atoms with van der Waals surface area (Å²) in [6, 6.07) is 4.24. The van der Waals surface area contributed by atoms with Crippen molar-refractivity contribution in [1.82, 2.24) is 0 Å². The van der Waals surface area contributed by atoms with Crippen molar-refractivity contribution in [3.05, 3.63) is 33.1 Å². The number of nitrogens with zero attached hydrogens (tertiary/aromatic N) is 3. The van der Waals surface area contributed by atoms with E-state index in [1.807, 2.05) is 6.07 Å². The van der Waals surface area contributed by atoms with E-state index < -0.39 is 10.7 Å². The molecule has 2 rings (SSSR count). The minimum absolute atomic E-state index is 0.146. The van der Waals surface area contributed by atoms with Crippen molar-refractivity contribution in [2.45, 2.75) is 25.3 Å². The van der Waals surface area contributed by atoms with Crippen LogP contribution >= 0.6 is 11.6 Å². The van der Waals surface area contributed by atoms with Gasteiger partial charge in [-0.2, -0.15) is 5.26 Å². The lowest BCUT2D eigenvalue weighted by Crippen LogP contribution is -2.27. The lowest BCUT2D eigenvalue weighted by molar-refractivity contribution is -0.384. The van der Waals surface area contributed by atoms with Gasteiger partial charge >= 0.3 is 0 Å². The largest absolute Gasteiger partial charge is 0.362 e. The van der Waals surface area contributed by atoms with Crippen LogP contribution in [0.25, 0.3) is 0 Å². The molecule has 1 fully saturated rings. The van der Waals surface area contributed by atoms with Gasteiger partial charge in [0, 0.05) is 24.7 Å². The molecule has 0 radical (unpaired) electrons. The maximum atomic E-state index is 13.5. The van der Waals surface area contributed by atoms with Gasteiger partial charge in [0.25, 0.3) is 5.69 Å². The molecular formula is C12H11ClFN3O2. The Labute approximate surface area is 114 Å². The summed E-state index contributed by atoms with van der Waals surface area (Å²) >= 11 is 5.58. The van der Waals surface area contributed by atoms with E-state index in [0.29, 0.717) is 6.54 Å². The second-order valence-electron chi connectivity index (χ2n) is 4.34. The quantitative estimate of drug-likeness (QED) is 0.614. The fourth-order valence-corrected chi connectivity index (χ4v) is 2.12. The molecule has 1 aliphatic rings. The summed E-state index contributed by atoms with van der Waals surface area (Å²) in [5, 5.41) is 19.4. The van der Waals surface area contributed by atoms with Gasteiger partial charge in [-0.25, -0.2) is 4.39 Å². The third kappa shape index (κ3) is 2.93. The van der Waals surface area contributed by atoms with Crippen LogP contribution in [0.15, 0.2) is 12.1 Å². The predicted octanol–water partition coefficient (Wildman–Crippen LogP) is 3.27. The Hall–Kier alpha value is -1.87. The van der Waals surface area contributed by atoms with Gasteiger partial charge in [-0.1, -0.05) is 11.6 Å². The molecular weight excluding hydrogens is 273 g/mol. The molecule has 0 heterocycles. The van der Waals surface area contributed by atoms with Gasteiger partial charge in [0.05, 0.1) is 22.4 Å². The minimum atomic E-state index is -0.690. The molecule has 0 aliphatic heterocycles. The number of hydrogen-bond donors (Lipinski definition) is 0. The second kappa shape index (κ2) is 5.41. The lowest BCUT2D eigenvalue weighted by Gasteiger charge is -2.23. The van der Waals surface area contributed by atoms with Crippen LogP contribution in [-0.2, 0) is 0 Å². The molecule has 7 heteroatoms. The first-order valence-electron chi connectivity index (χ1n) is 5.81. The average Bonchev–Trinajstić information content (AvgIpc) is 3.17. The number of nitriles is 1. The topological polar surface area (TPSA) is 70.2 Å². The summed E-state index contributed by atoms with van der Waals surface area (Å²) in [5.74, 6) is -0.690. The van der Waals surface area contributed by atoms with Crippen LogP contribution in [0.1, 0.15) is 19.3 Å². The molecule has 0 unspecified atom stereocenters. The minimum Gasteiger partial charge on any atom is -0.362 e. The second-order valence-corrected chi connectivity index (χ2v) is 4.75. The van der Waals surface area contributed by atoms with E-state index in [2.05, 4.69) is 0 Å². The zero-order valence-electron chi connectivity index (χ0n) is 9.97. The van der Waals surface area contributed by atoms with Crippen molar-refractivity contribution < 1.29 is 9.31 Å². The van der Waals surface area contributed by atoms with Gasteiger partial charge in [-0.15, -0.1) is 0 Å². The van der Waals surface area contributed by atoms with Crippen molar-refractivity contribution in [3.63, 3.8) is 0 Å². The van der Waals surface area contributed by atoms with Gasteiger partial charge in [0.1, 0.15) is 11.5 Å². The van der Waals surface area contributed by atoms with Gasteiger partial charge in [-0.05, 0) is 12.8 Å². The molecule has 1 saturated carbocycles. The monoisotopic (exact) mass is 283 g/mol. The standard InChI is InChI=1S/C12H11ClFN3O2/c13-9-6-12(17(18)19)11(7-10(9)14)16(5-1-4-15)8-2-3-8/h6-8H,1-3,5H2. The Morgan fingerprint density at radius 2 is 2.26 bits per heavy atom. The number of hydrogen-bond acceptors (Lipinski definition) is 4. The summed E-state index contributed by atoms with van der Waals surface area (Å²) in [4.78, 5) is 12.2. The van der Waals surface area contributed by atoms with E-state index in [9.17, 15) is 14.5 Å². The number of nitro groups is 1. The molecule has 19 heavy (non-hydrogen) atoms. The molecule has 0 aromatic heterocycles. The summed E-state index contributed by atoms with van der Waals surface area (Å²) in [6.45, 7) is 0.350. The number of benzene rings is 1. The molecule has 5 nitrogen and oxygen atoms in total. The van der Waals surface area contributed by atoms with Crippen LogP contribution in [0.4, 0.5) is 15.8 Å². The zero-order chi connectivity index (χ0) is 14.0. The van der Waals surface area contributed by atoms with Crippen LogP contribution in [0.3, 0.4) is 0 Å². The van der Waals surface area contributed by atoms with Crippen molar-refractivity contribution in [2.75, 3.05) is 11.4 Å². The fraction of sp³-hybridized carbons (Fsp3) is 0.417. The molecule has 0 spiro atoms. The van der Waals surface area contributed by atoms with Gasteiger partial charge < -0.3 is 4.90 Å². The van der Waals surface area contributed by atoms with Crippen LogP contribution in [0.2, 0.25) is 5.02 Å². The fourth-order valence-electron chi connectivity index (χ4n) is 1.96. The maximum Gasteiger partial charge on any atom is 0.294 e. The Morgan fingerprint density at radius 1 is 1.58 bits per heavy atom. The first kappa shape index (κ1) is 13.6. The summed E-state index contributed by atoms with van der Waals surface area (Å²) in [5.41, 5.74) is -0.0270. The summed E-state index contributed by atoms with van der Waals surface area (Å²) < 4.78 is 13.5. The lowest BCUT2D eigenvalue weighted by atomic mass is 10.2. The van der Waals surface area contributed by atoms with E-state index in [0.717, 1.165) is 25.0 Å². The van der Waals surface area contributed by atoms with Crippen LogP contribution in [0, 0.1) is 27.3 Å². The van der Waals surface area contributed by atoms with Crippen LogP contribution in [-0.4, -0.2) is 17.5 Å². The molecule has 0 atom stereocenters. The Morgan fingerprint density at radius 3 is 2.79 bits per heavy atom. The highest BCUT2D eigenvalue weighted by molar-refractivity contribution is 6.31.